The third-order valence-electron chi connectivity index (χ3n) is 3.84. The Morgan fingerprint density at radius 2 is 1.81 bits per heavy atom. The number of nitrogens with zero attached hydrogens (tertiary/aromatic N) is 1. The Morgan fingerprint density at radius 3 is 2.35 bits per heavy atom. The van der Waals surface area contributed by atoms with Crippen molar-refractivity contribution in [3.63, 3.8) is 0 Å². The molecule has 1 aliphatic rings. The molecular formula is C18H28NO4PS2. The number of hydrogen-bond acceptors (Lipinski definition) is 7. The first kappa shape index (κ1) is 22.0. The zero-order valence-corrected chi connectivity index (χ0v) is 18.4. The van der Waals surface area contributed by atoms with Crippen LogP contribution in [0.1, 0.15) is 45.6 Å². The summed E-state index contributed by atoms with van der Waals surface area (Å²) in [6.07, 6.45) is 4.27. The minimum absolute atomic E-state index is 0.0210. The summed E-state index contributed by atoms with van der Waals surface area (Å²) in [7, 11) is -3.39. The zero-order valence-electron chi connectivity index (χ0n) is 15.8. The molecule has 0 radical (unpaired) electrons. The number of thioether (sulfide) groups is 2. The molecule has 0 saturated carbocycles. The van der Waals surface area contributed by atoms with Gasteiger partial charge in [0, 0.05) is 24.9 Å². The molecule has 2 heterocycles. The van der Waals surface area contributed by atoms with Gasteiger partial charge in [-0.25, -0.2) is 0 Å². The number of hydrogen-bond donors (Lipinski definition) is 0. The molecule has 5 nitrogen and oxygen atoms in total. The lowest BCUT2D eigenvalue weighted by atomic mass is 9.96. The SMILES string of the molecule is CCO[C@@H]1C[C@H](c2ccncc2)C(P(=O)(OCC)OCC)=C(SCC)S1. The van der Waals surface area contributed by atoms with E-state index in [4.69, 9.17) is 13.8 Å². The summed E-state index contributed by atoms with van der Waals surface area (Å²) in [5, 5.41) is 0.778. The van der Waals surface area contributed by atoms with Crippen molar-refractivity contribution in [3.05, 3.63) is 39.6 Å². The molecule has 0 unspecified atom stereocenters. The highest BCUT2D eigenvalue weighted by molar-refractivity contribution is 8.22. The fourth-order valence-electron chi connectivity index (χ4n) is 2.91. The van der Waals surface area contributed by atoms with Gasteiger partial charge in [0.1, 0.15) is 5.44 Å². The van der Waals surface area contributed by atoms with Gasteiger partial charge in [-0.15, -0.1) is 11.8 Å². The van der Waals surface area contributed by atoms with Crippen LogP contribution in [0, 0.1) is 0 Å². The number of rotatable bonds is 10. The van der Waals surface area contributed by atoms with E-state index in [9.17, 15) is 4.57 Å². The summed E-state index contributed by atoms with van der Waals surface area (Å²) in [6, 6.07) is 3.94. The molecular weight excluding hydrogens is 389 g/mol. The summed E-state index contributed by atoms with van der Waals surface area (Å²) in [5.41, 5.74) is 1.08. The van der Waals surface area contributed by atoms with Gasteiger partial charge in [0.15, 0.2) is 0 Å². The van der Waals surface area contributed by atoms with Crippen LogP contribution >= 0.6 is 31.1 Å². The van der Waals surface area contributed by atoms with Crippen LogP contribution in [0.3, 0.4) is 0 Å². The lowest BCUT2D eigenvalue weighted by molar-refractivity contribution is 0.115. The molecule has 2 atom stereocenters. The van der Waals surface area contributed by atoms with Crippen LogP contribution in [0.2, 0.25) is 0 Å². The van der Waals surface area contributed by atoms with E-state index in [1.54, 1.807) is 35.9 Å². The van der Waals surface area contributed by atoms with Gasteiger partial charge in [0.2, 0.25) is 0 Å². The van der Waals surface area contributed by atoms with E-state index in [1.165, 1.54) is 0 Å². The fourth-order valence-corrected chi connectivity index (χ4v) is 8.32. The number of pyridine rings is 1. The van der Waals surface area contributed by atoms with E-state index in [1.807, 2.05) is 32.9 Å². The Kier molecular flexibility index (Phi) is 9.21. The molecule has 2 rings (SSSR count). The average Bonchev–Trinajstić information content (AvgIpc) is 2.63. The zero-order chi connectivity index (χ0) is 19.0. The predicted molar refractivity (Wildman–Crippen MR) is 111 cm³/mol. The first-order chi connectivity index (χ1) is 12.6. The van der Waals surface area contributed by atoms with Gasteiger partial charge in [0.25, 0.3) is 0 Å². The first-order valence-corrected chi connectivity index (χ1v) is 12.4. The largest absolute Gasteiger partial charge is 0.367 e. The predicted octanol–water partition coefficient (Wildman–Crippen LogP) is 5.85. The van der Waals surface area contributed by atoms with Crippen LogP contribution in [0.15, 0.2) is 34.1 Å². The highest BCUT2D eigenvalue weighted by Gasteiger charge is 2.43. The Labute approximate surface area is 165 Å². The molecule has 146 valence electrons. The third kappa shape index (κ3) is 5.37. The summed E-state index contributed by atoms with van der Waals surface area (Å²) in [5.74, 6) is 0.806. The van der Waals surface area contributed by atoms with Gasteiger partial charge in [0.05, 0.1) is 22.8 Å². The van der Waals surface area contributed by atoms with Crippen molar-refractivity contribution in [2.45, 2.75) is 45.5 Å². The van der Waals surface area contributed by atoms with Crippen molar-refractivity contribution in [2.24, 2.45) is 0 Å². The monoisotopic (exact) mass is 417 g/mol. The summed E-state index contributed by atoms with van der Waals surface area (Å²) >= 11 is 3.32. The molecule has 1 aromatic rings. The van der Waals surface area contributed by atoms with E-state index >= 15 is 0 Å². The van der Waals surface area contributed by atoms with Crippen LogP contribution in [0.5, 0.6) is 0 Å². The number of ether oxygens (including phenoxy) is 1. The van der Waals surface area contributed by atoms with Gasteiger partial charge in [-0.05, 0) is 50.6 Å². The average molecular weight is 418 g/mol. The van der Waals surface area contributed by atoms with Crippen LogP contribution in [-0.2, 0) is 18.3 Å². The van der Waals surface area contributed by atoms with Gasteiger partial charge in [-0.1, -0.05) is 18.7 Å². The van der Waals surface area contributed by atoms with Gasteiger partial charge in [-0.3, -0.25) is 9.55 Å². The summed E-state index contributed by atoms with van der Waals surface area (Å²) < 4.78 is 32.1. The maximum Gasteiger partial charge on any atom is 0.359 e. The second-order valence-corrected chi connectivity index (χ2v) is 10.2. The summed E-state index contributed by atoms with van der Waals surface area (Å²) in [6.45, 7) is 9.11. The molecule has 26 heavy (non-hydrogen) atoms. The van der Waals surface area contributed by atoms with Crippen molar-refractivity contribution in [1.82, 2.24) is 4.98 Å². The van der Waals surface area contributed by atoms with Crippen LogP contribution in [0.25, 0.3) is 0 Å². The molecule has 1 aromatic heterocycles. The Hall–Kier alpha value is -0.300. The first-order valence-electron chi connectivity index (χ1n) is 9.04. The molecule has 0 saturated heterocycles. The quantitative estimate of drug-likeness (QED) is 0.442. The van der Waals surface area contributed by atoms with E-state index < -0.39 is 7.60 Å². The molecule has 1 aliphatic heterocycles. The van der Waals surface area contributed by atoms with Crippen molar-refractivity contribution in [1.29, 1.82) is 0 Å². The molecule has 0 aliphatic carbocycles. The van der Waals surface area contributed by atoms with Gasteiger partial charge in [-0.2, -0.15) is 0 Å². The van der Waals surface area contributed by atoms with Gasteiger partial charge < -0.3 is 13.8 Å². The lowest BCUT2D eigenvalue weighted by Gasteiger charge is -2.35. The fraction of sp³-hybridized carbons (Fsp3) is 0.611. The maximum atomic E-state index is 13.7. The standard InChI is InChI=1S/C18H28NO4PS2/c1-5-21-16-13-15(14-9-11-19-12-10-14)17(18(26-16)25-8-4)24(20,22-6-2)23-7-3/h9-12,15-16H,5-8,13H2,1-4H3/t15-,16+/m1/s1. The van der Waals surface area contributed by atoms with Gasteiger partial charge >= 0.3 is 7.60 Å². The van der Waals surface area contributed by atoms with Crippen LogP contribution < -0.4 is 0 Å². The molecule has 0 spiro atoms. The molecule has 0 aromatic carbocycles. The molecule has 0 N–H and O–H groups in total. The third-order valence-corrected chi connectivity index (χ3v) is 8.90. The van der Waals surface area contributed by atoms with Crippen molar-refractivity contribution >= 4 is 31.1 Å². The molecule has 0 amide bonds. The highest BCUT2D eigenvalue weighted by Crippen LogP contribution is 2.67. The minimum Gasteiger partial charge on any atom is -0.367 e. The van der Waals surface area contributed by atoms with Crippen LogP contribution in [0.4, 0.5) is 0 Å². The van der Waals surface area contributed by atoms with E-state index in [0.29, 0.717) is 19.8 Å². The minimum atomic E-state index is -3.39. The highest BCUT2D eigenvalue weighted by atomic mass is 32.2. The Balaban J connectivity index is 2.58. The van der Waals surface area contributed by atoms with E-state index in [0.717, 1.165) is 27.3 Å². The van der Waals surface area contributed by atoms with Crippen molar-refractivity contribution in [2.75, 3.05) is 25.6 Å². The Morgan fingerprint density at radius 1 is 1.15 bits per heavy atom. The normalized spacial score (nSPS) is 21.2. The second kappa shape index (κ2) is 10.9. The number of aromatic nitrogens is 1. The second-order valence-electron chi connectivity index (χ2n) is 5.51. The topological polar surface area (TPSA) is 57.7 Å². The maximum absolute atomic E-state index is 13.7. The smallest absolute Gasteiger partial charge is 0.359 e. The van der Waals surface area contributed by atoms with Crippen molar-refractivity contribution in [3.8, 4) is 0 Å². The van der Waals surface area contributed by atoms with Crippen molar-refractivity contribution < 1.29 is 18.3 Å². The molecule has 0 bridgehead atoms. The molecule has 0 fully saturated rings. The van der Waals surface area contributed by atoms with E-state index in [-0.39, 0.29) is 11.4 Å². The van der Waals surface area contributed by atoms with Crippen LogP contribution in [-0.4, -0.2) is 36.0 Å². The lowest BCUT2D eigenvalue weighted by Crippen LogP contribution is -2.21. The Bertz CT molecular complexity index is 631. The number of allylic oxidation sites excluding steroid dienone is 1. The van der Waals surface area contributed by atoms with E-state index in [2.05, 4.69) is 11.9 Å². The molecule has 8 heteroatoms. The summed E-state index contributed by atoms with van der Waals surface area (Å²) in [4.78, 5) is 4.12.